The van der Waals surface area contributed by atoms with Gasteiger partial charge in [-0.05, 0) is 64.3 Å². The zero-order chi connectivity index (χ0) is 31.4. The van der Waals surface area contributed by atoms with Gasteiger partial charge in [0.25, 0.3) is 5.92 Å². The maximum atomic E-state index is 13.2. The Labute approximate surface area is 237 Å². The molecule has 230 valence electrons. The largest absolute Gasteiger partial charge is 0.453 e. The molecule has 4 N–H and O–H groups in total. The van der Waals surface area contributed by atoms with Gasteiger partial charge in [0.1, 0.15) is 11.5 Å². The Morgan fingerprint density at radius 3 is 2.22 bits per heavy atom. The second kappa shape index (κ2) is 13.2. The van der Waals surface area contributed by atoms with Crippen LogP contribution in [0.1, 0.15) is 82.2 Å². The molecule has 1 fully saturated rings. The molecular formula is C27H35F5N2O6S. The molecule has 3 atom stereocenters. The number of alkyl halides is 5. The minimum atomic E-state index is -4.75. The second-order valence-corrected chi connectivity index (χ2v) is 12.9. The standard InChI is InChI=1S/C16H25NO5S.C11H10F5NO/c1-15(2,3)23(21)17-14-9-5-8-13(14)11-6-4-7-12(10-11)22-16(18,19)20;1-6(18)3-9-8(10(2,12)13)4-7(5-17-9)11(14,15)16/h4,6-7,10,13-14,17-20H,5,8-9H2,1-3H3;4-5H,3H2,1-2H3/t13?,14-,23?;/m1./s1. The predicted molar refractivity (Wildman–Crippen MR) is 141 cm³/mol. The molecule has 1 aromatic heterocycles. The molecule has 0 saturated heterocycles. The van der Waals surface area contributed by atoms with Crippen LogP contribution >= 0.6 is 0 Å². The lowest BCUT2D eigenvalue weighted by Gasteiger charge is -2.26. The summed E-state index contributed by atoms with van der Waals surface area (Å²) in [6.07, 6.45) is -5.00. The number of carbonyl (C=O) groups is 1. The van der Waals surface area contributed by atoms with Gasteiger partial charge in [0.15, 0.2) is 0 Å². The number of nitrogens with zero attached hydrogens (tertiary/aromatic N) is 1. The number of nitrogens with one attached hydrogen (secondary N) is 1. The summed E-state index contributed by atoms with van der Waals surface area (Å²) in [6, 6.07) is 7.28. The van der Waals surface area contributed by atoms with Crippen molar-refractivity contribution in [3.63, 3.8) is 0 Å². The number of ether oxygens (including phenoxy) is 1. The van der Waals surface area contributed by atoms with Gasteiger partial charge in [0, 0.05) is 37.1 Å². The number of carbonyl (C=O) groups excluding carboxylic acids is 1. The summed E-state index contributed by atoms with van der Waals surface area (Å²) in [6.45, 7) is 7.40. The highest BCUT2D eigenvalue weighted by atomic mass is 32.2. The quantitative estimate of drug-likeness (QED) is 0.252. The first-order chi connectivity index (χ1) is 18.6. The van der Waals surface area contributed by atoms with Gasteiger partial charge in [-0.15, -0.1) is 0 Å². The number of pyridine rings is 1. The van der Waals surface area contributed by atoms with Crippen LogP contribution in [-0.2, 0) is 34.3 Å². The molecule has 41 heavy (non-hydrogen) atoms. The number of benzene rings is 1. The average Bonchev–Trinajstić information content (AvgIpc) is 3.24. The van der Waals surface area contributed by atoms with Crippen LogP contribution in [0.15, 0.2) is 36.5 Å². The molecule has 1 aliphatic rings. The van der Waals surface area contributed by atoms with Crippen LogP contribution in [0.2, 0.25) is 0 Å². The van der Waals surface area contributed by atoms with E-state index in [2.05, 4.69) is 14.4 Å². The van der Waals surface area contributed by atoms with Gasteiger partial charge in [0.05, 0.1) is 27.0 Å². The number of hydrogen-bond donors (Lipinski definition) is 4. The fourth-order valence-electron chi connectivity index (χ4n) is 4.19. The molecule has 0 spiro atoms. The van der Waals surface area contributed by atoms with E-state index in [0.717, 1.165) is 31.7 Å². The predicted octanol–water partition coefficient (Wildman–Crippen LogP) is 4.69. The fraction of sp³-hybridized carbons (Fsp3) is 0.556. The maximum absolute atomic E-state index is 13.2. The zero-order valence-corrected chi connectivity index (χ0v) is 24.1. The molecule has 1 heterocycles. The van der Waals surface area contributed by atoms with Crippen molar-refractivity contribution in [3.8, 4) is 5.75 Å². The van der Waals surface area contributed by atoms with E-state index < -0.39 is 52.6 Å². The molecule has 2 aromatic rings. The Balaban J connectivity index is 0.000000296. The Morgan fingerprint density at radius 1 is 1.07 bits per heavy atom. The normalized spacial score (nSPS) is 18.9. The van der Waals surface area contributed by atoms with E-state index in [1.54, 1.807) is 12.1 Å². The number of rotatable bonds is 8. The smallest absolute Gasteiger partial charge is 0.417 e. The minimum Gasteiger partial charge on any atom is -0.417 e. The molecule has 1 aliphatic carbocycles. The summed E-state index contributed by atoms with van der Waals surface area (Å²) in [4.78, 5) is 14.2. The molecular weight excluding hydrogens is 575 g/mol. The molecule has 2 unspecified atom stereocenters. The molecule has 3 rings (SSSR count). The van der Waals surface area contributed by atoms with Gasteiger partial charge in [-0.1, -0.05) is 18.6 Å². The number of aliphatic hydroxyl groups is 3. The fourth-order valence-corrected chi connectivity index (χ4v) is 5.10. The Bertz CT molecular complexity index is 1220. The number of hydrogen-bond acceptors (Lipinski definition) is 7. The first kappa shape index (κ1) is 34.7. The van der Waals surface area contributed by atoms with Crippen molar-refractivity contribution < 1.29 is 51.0 Å². The van der Waals surface area contributed by atoms with Gasteiger partial charge in [-0.3, -0.25) is 9.78 Å². The summed E-state index contributed by atoms with van der Waals surface area (Å²) in [5.74, 6) is -3.61. The topological polar surface area (TPSA) is 129 Å². The Hall–Kier alpha value is -2.52. The lowest BCUT2D eigenvalue weighted by Crippen LogP contribution is -2.40. The van der Waals surface area contributed by atoms with E-state index in [4.69, 9.17) is 15.3 Å². The summed E-state index contributed by atoms with van der Waals surface area (Å²) in [7, 11) is -1.14. The number of ketones is 1. The van der Waals surface area contributed by atoms with Gasteiger partial charge in [-0.2, -0.15) is 13.2 Å². The van der Waals surface area contributed by atoms with Gasteiger partial charge in [0.2, 0.25) is 0 Å². The van der Waals surface area contributed by atoms with E-state index in [9.17, 15) is 31.0 Å². The van der Waals surface area contributed by atoms with E-state index in [-0.39, 0.29) is 28.2 Å². The molecule has 0 radical (unpaired) electrons. The van der Waals surface area contributed by atoms with Gasteiger partial charge in [-0.25, -0.2) is 17.7 Å². The van der Waals surface area contributed by atoms with Crippen molar-refractivity contribution in [1.29, 1.82) is 0 Å². The first-order valence-corrected chi connectivity index (χ1v) is 13.8. The first-order valence-electron chi connectivity index (χ1n) is 12.7. The molecule has 1 aromatic carbocycles. The van der Waals surface area contributed by atoms with Crippen LogP contribution in [-0.4, -0.2) is 47.2 Å². The summed E-state index contributed by atoms with van der Waals surface area (Å²) in [5.41, 5.74) is -1.51. The van der Waals surface area contributed by atoms with Crippen LogP contribution < -0.4 is 9.46 Å². The highest BCUT2D eigenvalue weighted by Crippen LogP contribution is 2.37. The zero-order valence-electron chi connectivity index (χ0n) is 23.3. The third-order valence-corrected chi connectivity index (χ3v) is 7.69. The molecule has 0 amide bonds. The van der Waals surface area contributed by atoms with Crippen LogP contribution in [0.5, 0.6) is 5.75 Å². The monoisotopic (exact) mass is 610 g/mol. The summed E-state index contributed by atoms with van der Waals surface area (Å²) < 4.78 is 83.5. The highest BCUT2D eigenvalue weighted by molar-refractivity contribution is 7.84. The number of aromatic nitrogens is 1. The highest BCUT2D eigenvalue weighted by Gasteiger charge is 2.36. The van der Waals surface area contributed by atoms with Crippen LogP contribution in [0.25, 0.3) is 0 Å². The Morgan fingerprint density at radius 2 is 1.71 bits per heavy atom. The van der Waals surface area contributed by atoms with E-state index in [1.807, 2.05) is 26.8 Å². The summed E-state index contributed by atoms with van der Waals surface area (Å²) >= 11 is 0. The van der Waals surface area contributed by atoms with Gasteiger partial charge >= 0.3 is 12.3 Å². The second-order valence-electron chi connectivity index (χ2n) is 10.9. The summed E-state index contributed by atoms with van der Waals surface area (Å²) in [5, 5.41) is 26.8. The lowest BCUT2D eigenvalue weighted by molar-refractivity contribution is -0.419. The van der Waals surface area contributed by atoms with E-state index in [1.165, 1.54) is 6.07 Å². The van der Waals surface area contributed by atoms with Gasteiger partial charge < -0.3 is 20.1 Å². The third kappa shape index (κ3) is 11.0. The van der Waals surface area contributed by atoms with Crippen LogP contribution in [0, 0.1) is 0 Å². The van der Waals surface area contributed by atoms with Crippen LogP contribution in [0.4, 0.5) is 22.0 Å². The average molecular weight is 611 g/mol. The maximum Gasteiger partial charge on any atom is 0.453 e. The van der Waals surface area contributed by atoms with Crippen molar-refractivity contribution in [3.05, 3.63) is 58.9 Å². The third-order valence-electron chi connectivity index (χ3n) is 6.06. The van der Waals surface area contributed by atoms with E-state index >= 15 is 0 Å². The SMILES string of the molecule is CC(=O)Cc1ncc(C(F)(F)F)cc1C(C)(F)F.CC(C)(C)S(=O)N[C@@H]1CCCC1c1cccc(OC(O)(O)O)c1. The van der Waals surface area contributed by atoms with Crippen molar-refractivity contribution >= 4 is 16.8 Å². The van der Waals surface area contributed by atoms with Crippen molar-refractivity contribution in [2.24, 2.45) is 0 Å². The van der Waals surface area contributed by atoms with Crippen LogP contribution in [0.3, 0.4) is 0 Å². The molecule has 0 bridgehead atoms. The number of halogens is 5. The van der Waals surface area contributed by atoms with Crippen molar-refractivity contribution in [1.82, 2.24) is 9.71 Å². The Kier molecular flexibility index (Phi) is 11.2. The lowest BCUT2D eigenvalue weighted by atomic mass is 9.94. The van der Waals surface area contributed by atoms with Crippen molar-refractivity contribution in [2.75, 3.05) is 0 Å². The number of Topliss-reactive ketones (excluding diaryl/α,β-unsaturated/α-hetero) is 1. The molecule has 8 nitrogen and oxygen atoms in total. The molecule has 14 heteroatoms. The van der Waals surface area contributed by atoms with Crippen molar-refractivity contribution in [2.45, 2.75) is 95.3 Å². The molecule has 1 saturated carbocycles. The minimum absolute atomic E-state index is 0.0902. The molecule has 0 aliphatic heterocycles. The van der Waals surface area contributed by atoms with E-state index in [0.29, 0.717) is 19.2 Å².